The maximum Gasteiger partial charge on any atom is 0.253 e. The number of rotatable bonds is 16. The molecule has 1 N–H and O–H groups in total. The van der Waals surface area contributed by atoms with Crippen LogP contribution in [0.1, 0.15) is 86.6 Å². The van der Waals surface area contributed by atoms with Crippen molar-refractivity contribution in [3.63, 3.8) is 0 Å². The Kier molecular flexibility index (Phi) is 12.3. The SMILES string of the molecule is O=C(c1ccc(NCCCCCCCCCCCSCc2ccccc2)cc1)N1CCCC1. The molecule has 3 nitrogen and oxygen atoms in total. The number of carbonyl (C=O) groups excluding carboxylic acids is 1. The molecular formula is C29H42N2OS. The molecule has 4 heteroatoms. The van der Waals surface area contributed by atoms with E-state index < -0.39 is 0 Å². The third-order valence-electron chi connectivity index (χ3n) is 6.43. The number of amides is 1. The predicted octanol–water partition coefficient (Wildman–Crippen LogP) is 7.78. The fraction of sp³-hybridized carbons (Fsp3) is 0.552. The van der Waals surface area contributed by atoms with Crippen molar-refractivity contribution in [3.05, 3.63) is 65.7 Å². The van der Waals surface area contributed by atoms with Gasteiger partial charge in [0.2, 0.25) is 0 Å². The lowest BCUT2D eigenvalue weighted by atomic mass is 10.1. The molecule has 3 rings (SSSR count). The molecule has 0 unspecified atom stereocenters. The minimum Gasteiger partial charge on any atom is -0.385 e. The summed E-state index contributed by atoms with van der Waals surface area (Å²) in [6.07, 6.45) is 14.4. The molecule has 1 aliphatic rings. The number of thioether (sulfide) groups is 1. The van der Waals surface area contributed by atoms with Crippen molar-refractivity contribution >= 4 is 23.4 Å². The van der Waals surface area contributed by atoms with E-state index in [2.05, 4.69) is 47.4 Å². The smallest absolute Gasteiger partial charge is 0.253 e. The summed E-state index contributed by atoms with van der Waals surface area (Å²) < 4.78 is 0. The van der Waals surface area contributed by atoms with E-state index in [1.165, 1.54) is 69.1 Å². The number of benzene rings is 2. The van der Waals surface area contributed by atoms with Gasteiger partial charge in [-0.15, -0.1) is 0 Å². The quantitative estimate of drug-likeness (QED) is 0.256. The van der Waals surface area contributed by atoms with Crippen LogP contribution in [-0.4, -0.2) is 36.2 Å². The molecule has 0 saturated carbocycles. The van der Waals surface area contributed by atoms with E-state index in [-0.39, 0.29) is 5.91 Å². The zero-order valence-electron chi connectivity index (χ0n) is 20.3. The summed E-state index contributed by atoms with van der Waals surface area (Å²) in [7, 11) is 0. The van der Waals surface area contributed by atoms with Crippen molar-refractivity contribution in [2.24, 2.45) is 0 Å². The largest absolute Gasteiger partial charge is 0.385 e. The summed E-state index contributed by atoms with van der Waals surface area (Å²) in [4.78, 5) is 14.4. The van der Waals surface area contributed by atoms with Crippen LogP contribution in [0.4, 0.5) is 5.69 Å². The van der Waals surface area contributed by atoms with Crippen LogP contribution in [-0.2, 0) is 5.75 Å². The average Bonchev–Trinajstić information content (AvgIpc) is 3.40. The van der Waals surface area contributed by atoms with Crippen molar-refractivity contribution < 1.29 is 4.79 Å². The van der Waals surface area contributed by atoms with Gasteiger partial charge >= 0.3 is 0 Å². The minimum atomic E-state index is 0.181. The number of nitrogens with zero attached hydrogens (tertiary/aromatic N) is 1. The molecular weight excluding hydrogens is 424 g/mol. The van der Waals surface area contributed by atoms with Crippen molar-refractivity contribution in [3.8, 4) is 0 Å². The Hall–Kier alpha value is -1.94. The van der Waals surface area contributed by atoms with Crippen molar-refractivity contribution in [1.82, 2.24) is 4.90 Å². The van der Waals surface area contributed by atoms with Gasteiger partial charge in [0.05, 0.1) is 0 Å². The van der Waals surface area contributed by atoms with E-state index in [4.69, 9.17) is 0 Å². The number of hydrogen-bond donors (Lipinski definition) is 1. The number of likely N-dealkylation sites (tertiary alicyclic amines) is 1. The first-order chi connectivity index (χ1) is 16.3. The molecule has 1 fully saturated rings. The van der Waals surface area contributed by atoms with Gasteiger partial charge in [0.1, 0.15) is 0 Å². The summed E-state index contributed by atoms with van der Waals surface area (Å²) in [5, 5.41) is 3.50. The van der Waals surface area contributed by atoms with Crippen LogP contribution < -0.4 is 5.32 Å². The Morgan fingerprint density at radius 2 is 1.36 bits per heavy atom. The van der Waals surface area contributed by atoms with Crippen LogP contribution in [0, 0.1) is 0 Å². The highest BCUT2D eigenvalue weighted by Crippen LogP contribution is 2.17. The lowest BCUT2D eigenvalue weighted by Crippen LogP contribution is -2.27. The minimum absolute atomic E-state index is 0.181. The van der Waals surface area contributed by atoms with Gasteiger partial charge in [0.25, 0.3) is 5.91 Å². The van der Waals surface area contributed by atoms with Crippen LogP contribution >= 0.6 is 11.8 Å². The van der Waals surface area contributed by atoms with Crippen LogP contribution in [0.2, 0.25) is 0 Å². The predicted molar refractivity (Wildman–Crippen MR) is 144 cm³/mol. The van der Waals surface area contributed by atoms with Gasteiger partial charge in [-0.2, -0.15) is 11.8 Å². The van der Waals surface area contributed by atoms with Crippen LogP contribution in [0.15, 0.2) is 54.6 Å². The Bertz CT molecular complexity index is 772. The maximum atomic E-state index is 12.4. The highest BCUT2D eigenvalue weighted by Gasteiger charge is 2.19. The normalized spacial score (nSPS) is 13.4. The van der Waals surface area contributed by atoms with Gasteiger partial charge in [-0.3, -0.25) is 4.79 Å². The number of nitrogens with one attached hydrogen (secondary N) is 1. The summed E-state index contributed by atoms with van der Waals surface area (Å²) in [6.45, 7) is 2.83. The third kappa shape index (κ3) is 10.2. The molecule has 0 bridgehead atoms. The molecule has 0 atom stereocenters. The second-order valence-electron chi connectivity index (χ2n) is 9.22. The molecule has 1 heterocycles. The van der Waals surface area contributed by atoms with E-state index in [0.717, 1.165) is 49.5 Å². The van der Waals surface area contributed by atoms with Crippen molar-refractivity contribution in [2.75, 3.05) is 30.7 Å². The lowest BCUT2D eigenvalue weighted by molar-refractivity contribution is 0.0793. The molecule has 0 spiro atoms. The maximum absolute atomic E-state index is 12.4. The zero-order valence-corrected chi connectivity index (χ0v) is 21.1. The van der Waals surface area contributed by atoms with Crippen LogP contribution in [0.5, 0.6) is 0 Å². The summed E-state index contributed by atoms with van der Waals surface area (Å²) in [6, 6.07) is 18.8. The monoisotopic (exact) mass is 466 g/mol. The van der Waals surface area contributed by atoms with E-state index in [9.17, 15) is 4.79 Å². The van der Waals surface area contributed by atoms with E-state index in [0.29, 0.717) is 0 Å². The van der Waals surface area contributed by atoms with Gasteiger partial charge in [0.15, 0.2) is 0 Å². The van der Waals surface area contributed by atoms with Crippen LogP contribution in [0.3, 0.4) is 0 Å². The standard InChI is InChI=1S/C29H42N2OS/c32-29(31-22-12-13-23-31)27-17-19-28(20-18-27)30-21-11-6-4-2-1-3-5-7-14-24-33-25-26-15-9-8-10-16-26/h8-10,15-20,30H,1-7,11-14,21-25H2. The Morgan fingerprint density at radius 3 is 2.03 bits per heavy atom. The molecule has 1 aliphatic heterocycles. The average molecular weight is 467 g/mol. The van der Waals surface area contributed by atoms with Gasteiger partial charge in [-0.25, -0.2) is 0 Å². The Balaban J connectivity index is 1.09. The number of carbonyl (C=O) groups is 1. The molecule has 180 valence electrons. The van der Waals surface area contributed by atoms with Gasteiger partial charge < -0.3 is 10.2 Å². The zero-order chi connectivity index (χ0) is 23.0. The first-order valence-electron chi connectivity index (χ1n) is 13.1. The highest BCUT2D eigenvalue weighted by atomic mass is 32.2. The fourth-order valence-electron chi connectivity index (χ4n) is 4.40. The number of unbranched alkanes of at least 4 members (excludes halogenated alkanes) is 8. The summed E-state index contributed by atoms with van der Waals surface area (Å²) in [5.74, 6) is 2.62. The Morgan fingerprint density at radius 1 is 0.758 bits per heavy atom. The van der Waals surface area contributed by atoms with Crippen LogP contribution in [0.25, 0.3) is 0 Å². The molecule has 1 amide bonds. The summed E-state index contributed by atoms with van der Waals surface area (Å²) >= 11 is 2.07. The second-order valence-corrected chi connectivity index (χ2v) is 10.3. The molecule has 0 aliphatic carbocycles. The van der Waals surface area contributed by atoms with Gasteiger partial charge in [0, 0.05) is 36.6 Å². The molecule has 2 aromatic carbocycles. The topological polar surface area (TPSA) is 32.3 Å². The Labute approximate surface area is 205 Å². The molecule has 33 heavy (non-hydrogen) atoms. The molecule has 0 radical (unpaired) electrons. The van der Waals surface area contributed by atoms with Crippen molar-refractivity contribution in [2.45, 2.75) is 76.4 Å². The van der Waals surface area contributed by atoms with E-state index in [1.54, 1.807) is 0 Å². The number of anilines is 1. The summed E-state index contributed by atoms with van der Waals surface area (Å²) in [5.41, 5.74) is 3.38. The van der Waals surface area contributed by atoms with Crippen molar-refractivity contribution in [1.29, 1.82) is 0 Å². The second kappa shape index (κ2) is 15.8. The van der Waals surface area contributed by atoms with E-state index >= 15 is 0 Å². The third-order valence-corrected chi connectivity index (χ3v) is 7.55. The highest BCUT2D eigenvalue weighted by molar-refractivity contribution is 7.98. The van der Waals surface area contributed by atoms with Gasteiger partial charge in [-0.05, 0) is 61.3 Å². The molecule has 1 saturated heterocycles. The van der Waals surface area contributed by atoms with Gasteiger partial charge in [-0.1, -0.05) is 75.3 Å². The lowest BCUT2D eigenvalue weighted by Gasteiger charge is -2.15. The number of hydrogen-bond acceptors (Lipinski definition) is 3. The first-order valence-corrected chi connectivity index (χ1v) is 14.2. The molecule has 0 aromatic heterocycles. The molecule has 2 aromatic rings. The van der Waals surface area contributed by atoms with E-state index in [1.807, 2.05) is 29.2 Å². The fourth-order valence-corrected chi connectivity index (χ4v) is 5.38. The first kappa shape index (κ1) is 25.7.